The van der Waals surface area contributed by atoms with E-state index >= 15 is 0 Å². The number of nitrogens with zero attached hydrogens (tertiary/aromatic N) is 1. The molecule has 0 spiro atoms. The van der Waals surface area contributed by atoms with Gasteiger partial charge in [0.1, 0.15) is 6.61 Å². The summed E-state index contributed by atoms with van der Waals surface area (Å²) in [4.78, 5) is 14.5. The van der Waals surface area contributed by atoms with Crippen LogP contribution < -0.4 is 4.72 Å². The number of carbonyl (C=O) groups is 1. The molecule has 7 nitrogen and oxygen atoms in total. The van der Waals surface area contributed by atoms with Crippen LogP contribution >= 0.6 is 0 Å². The largest absolute Gasteiger partial charge is 0.445 e. The summed E-state index contributed by atoms with van der Waals surface area (Å²) in [7, 11) is -4.86. The highest BCUT2D eigenvalue weighted by molar-refractivity contribution is 7.88. The molecule has 1 aliphatic heterocycles. The third kappa shape index (κ3) is 6.72. The molecule has 0 bridgehead atoms. The third-order valence-electron chi connectivity index (χ3n) is 4.93. The van der Waals surface area contributed by atoms with E-state index in [1.807, 2.05) is 6.92 Å². The fourth-order valence-corrected chi connectivity index (χ4v) is 4.94. The molecule has 1 amide bonds. The molecule has 2 atom stereocenters. The number of hydrogen-bond acceptors (Lipinski definition) is 5. The molecule has 0 aromatic rings. The Morgan fingerprint density at radius 1 is 1.39 bits per heavy atom. The summed E-state index contributed by atoms with van der Waals surface area (Å²) < 4.78 is 37.1. The fraction of sp³-hybridized carbons (Fsp3) is 0.737. The van der Waals surface area contributed by atoms with Gasteiger partial charge in [-0.05, 0) is 36.9 Å². The van der Waals surface area contributed by atoms with Crippen molar-refractivity contribution in [1.82, 2.24) is 9.62 Å². The number of amides is 1. The smallest absolute Gasteiger partial charge is 0.412 e. The molecule has 0 aliphatic carbocycles. The van der Waals surface area contributed by atoms with Gasteiger partial charge in [-0.25, -0.2) is 17.9 Å². The topological polar surface area (TPSA) is 84.9 Å². The predicted octanol–water partition coefficient (Wildman–Crippen LogP) is 2.87. The van der Waals surface area contributed by atoms with Crippen LogP contribution in [0.3, 0.4) is 0 Å². The Bertz CT molecular complexity index is 700. The van der Waals surface area contributed by atoms with Crippen molar-refractivity contribution < 1.29 is 22.4 Å². The van der Waals surface area contributed by atoms with E-state index in [2.05, 4.69) is 45.2 Å². The fourth-order valence-electron chi connectivity index (χ4n) is 3.36. The molecular weight excluding hydrogens is 396 g/mol. The first-order chi connectivity index (χ1) is 12.7. The molecule has 1 heterocycles. The summed E-state index contributed by atoms with van der Waals surface area (Å²) in [6.07, 6.45) is 4.65. The Kier molecular flexibility index (Phi) is 8.49. The Hall–Kier alpha value is -1.16. The molecule has 28 heavy (non-hydrogen) atoms. The molecule has 9 heteroatoms. The quantitative estimate of drug-likeness (QED) is 0.471. The second kappa shape index (κ2) is 9.56. The van der Waals surface area contributed by atoms with Crippen molar-refractivity contribution >= 4 is 25.2 Å². The minimum atomic E-state index is -3.31. The SMILES string of the molecule is C=CCOC(=O)N1C[C@@H](C(C)(C)C)C[C@]1(O[SiH](C)C)/C(C)=C/CNS(C)(=O)=O. The highest BCUT2D eigenvalue weighted by Gasteiger charge is 2.53. The number of ether oxygens (including phenoxy) is 1. The van der Waals surface area contributed by atoms with Crippen LogP contribution in [0.1, 0.15) is 34.1 Å². The summed E-state index contributed by atoms with van der Waals surface area (Å²) in [6, 6.07) is 0. The summed E-state index contributed by atoms with van der Waals surface area (Å²) in [5, 5.41) is 0. The number of sulfonamides is 1. The average Bonchev–Trinajstić information content (AvgIpc) is 2.91. The summed E-state index contributed by atoms with van der Waals surface area (Å²) in [6.45, 7) is 16.8. The second-order valence-corrected chi connectivity index (χ2v) is 12.9. The predicted molar refractivity (Wildman–Crippen MR) is 115 cm³/mol. The summed E-state index contributed by atoms with van der Waals surface area (Å²) in [5.74, 6) is 0.211. The normalized spacial score (nSPS) is 23.9. The molecule has 1 fully saturated rings. The van der Waals surface area contributed by atoms with Gasteiger partial charge in [-0.3, -0.25) is 4.90 Å². The Balaban J connectivity index is 3.34. The van der Waals surface area contributed by atoms with Gasteiger partial charge in [0.05, 0.1) is 6.26 Å². The standard InChI is InChI=1S/C19H36N2O5SSi/c1-9-12-25-17(22)21-14-16(18(3,4)5)13-19(21,26-28(7)8)15(2)10-11-20-27(6,23)24/h9-10,16,20,28H,1,11-14H2,2-8H3/b15-10+/t16-,19-/m0/s1. The van der Waals surface area contributed by atoms with Crippen LogP contribution in [0.15, 0.2) is 24.3 Å². The Labute approximate surface area is 171 Å². The van der Waals surface area contributed by atoms with Crippen LogP contribution in [0.2, 0.25) is 13.1 Å². The van der Waals surface area contributed by atoms with Crippen molar-refractivity contribution in [3.05, 3.63) is 24.3 Å². The van der Waals surface area contributed by atoms with Gasteiger partial charge in [-0.1, -0.05) is 39.5 Å². The highest BCUT2D eigenvalue weighted by atomic mass is 32.2. The molecule has 1 rings (SSSR count). The maximum Gasteiger partial charge on any atom is 0.412 e. The molecule has 1 aliphatic rings. The Morgan fingerprint density at radius 3 is 2.46 bits per heavy atom. The van der Waals surface area contributed by atoms with Gasteiger partial charge < -0.3 is 9.16 Å². The summed E-state index contributed by atoms with van der Waals surface area (Å²) >= 11 is 0. The lowest BCUT2D eigenvalue weighted by Gasteiger charge is -2.40. The van der Waals surface area contributed by atoms with E-state index in [1.165, 1.54) is 6.08 Å². The van der Waals surface area contributed by atoms with Gasteiger partial charge in [-0.2, -0.15) is 0 Å². The van der Waals surface area contributed by atoms with Crippen molar-refractivity contribution in [3.8, 4) is 0 Å². The zero-order valence-corrected chi connectivity index (χ0v) is 20.2. The lowest BCUT2D eigenvalue weighted by molar-refractivity contribution is -0.0223. The van der Waals surface area contributed by atoms with Crippen LogP contribution in [-0.4, -0.2) is 60.1 Å². The van der Waals surface area contributed by atoms with Crippen molar-refractivity contribution in [1.29, 1.82) is 0 Å². The summed E-state index contributed by atoms with van der Waals surface area (Å²) in [5.41, 5.74) is -0.131. The maximum absolute atomic E-state index is 12.9. The molecule has 0 aromatic carbocycles. The Morgan fingerprint density at radius 2 is 2.00 bits per heavy atom. The number of nitrogens with one attached hydrogen (secondary N) is 1. The molecule has 1 N–H and O–H groups in total. The van der Waals surface area contributed by atoms with Gasteiger partial charge in [-0.15, -0.1) is 0 Å². The van der Waals surface area contributed by atoms with Crippen LogP contribution in [0.4, 0.5) is 4.79 Å². The van der Waals surface area contributed by atoms with Gasteiger partial charge in [0.2, 0.25) is 10.0 Å². The monoisotopic (exact) mass is 432 g/mol. The number of hydrogen-bond donors (Lipinski definition) is 1. The molecule has 0 aromatic heterocycles. The van der Waals surface area contributed by atoms with E-state index < -0.39 is 30.9 Å². The minimum Gasteiger partial charge on any atom is -0.445 e. The second-order valence-electron chi connectivity index (χ2n) is 8.70. The third-order valence-corrected chi connectivity index (χ3v) is 6.48. The molecule has 0 unspecified atom stereocenters. The molecule has 0 radical (unpaired) electrons. The first-order valence-corrected chi connectivity index (χ1v) is 14.2. The van der Waals surface area contributed by atoms with E-state index in [1.54, 1.807) is 11.0 Å². The van der Waals surface area contributed by atoms with E-state index in [-0.39, 0.29) is 24.5 Å². The molecule has 1 saturated heterocycles. The van der Waals surface area contributed by atoms with Crippen LogP contribution in [0, 0.1) is 11.3 Å². The zero-order chi connectivity index (χ0) is 21.8. The van der Waals surface area contributed by atoms with Crippen molar-refractivity contribution in [2.24, 2.45) is 11.3 Å². The maximum atomic E-state index is 12.9. The lowest BCUT2D eigenvalue weighted by Crippen LogP contribution is -2.52. The number of likely N-dealkylation sites (tertiary alicyclic amines) is 1. The van der Waals surface area contributed by atoms with Crippen molar-refractivity contribution in [2.45, 2.75) is 52.9 Å². The number of carbonyl (C=O) groups excluding carboxylic acids is 1. The van der Waals surface area contributed by atoms with Crippen molar-refractivity contribution in [2.75, 3.05) is 26.0 Å². The van der Waals surface area contributed by atoms with Crippen LogP contribution in [0.25, 0.3) is 0 Å². The first kappa shape index (κ1) is 24.9. The number of rotatable bonds is 8. The minimum absolute atomic E-state index is 0.0219. The lowest BCUT2D eigenvalue weighted by atomic mass is 9.78. The van der Waals surface area contributed by atoms with E-state index in [9.17, 15) is 13.2 Å². The van der Waals surface area contributed by atoms with E-state index in [0.717, 1.165) is 11.8 Å². The van der Waals surface area contributed by atoms with Gasteiger partial charge in [0, 0.05) is 19.5 Å². The highest BCUT2D eigenvalue weighted by Crippen LogP contribution is 2.46. The van der Waals surface area contributed by atoms with Gasteiger partial charge in [0.15, 0.2) is 14.8 Å². The van der Waals surface area contributed by atoms with Gasteiger partial charge in [0.25, 0.3) is 0 Å². The molecular formula is C19H36N2O5SSi. The zero-order valence-electron chi connectivity index (χ0n) is 18.2. The van der Waals surface area contributed by atoms with Gasteiger partial charge >= 0.3 is 6.09 Å². The average molecular weight is 433 g/mol. The molecule has 162 valence electrons. The first-order valence-electron chi connectivity index (χ1n) is 9.58. The van der Waals surface area contributed by atoms with E-state index in [0.29, 0.717) is 13.0 Å². The molecule has 0 saturated carbocycles. The van der Waals surface area contributed by atoms with Crippen LogP contribution in [-0.2, 0) is 19.2 Å². The van der Waals surface area contributed by atoms with Crippen molar-refractivity contribution in [3.63, 3.8) is 0 Å². The van der Waals surface area contributed by atoms with E-state index in [4.69, 9.17) is 9.16 Å². The van der Waals surface area contributed by atoms with Crippen LogP contribution in [0.5, 0.6) is 0 Å².